The summed E-state index contributed by atoms with van der Waals surface area (Å²) in [6.07, 6.45) is 0. The Morgan fingerprint density at radius 3 is 2.31 bits per heavy atom. The molecule has 1 amide bonds. The second kappa shape index (κ2) is 10.1. The quantitative estimate of drug-likeness (QED) is 0.295. The first-order valence-electron chi connectivity index (χ1n) is 11.2. The zero-order chi connectivity index (χ0) is 25.9. The van der Waals surface area contributed by atoms with Crippen LogP contribution in [-0.4, -0.2) is 31.0 Å². The topological polar surface area (TPSA) is 114 Å². The van der Waals surface area contributed by atoms with E-state index in [0.29, 0.717) is 28.3 Å². The molecule has 0 aliphatic carbocycles. The first kappa shape index (κ1) is 24.8. The maximum Gasteiger partial charge on any atom is 0.269 e. The number of carbonyl (C=O) groups is 1. The summed E-state index contributed by atoms with van der Waals surface area (Å²) in [5, 5.41) is 0. The van der Waals surface area contributed by atoms with E-state index in [1.54, 1.807) is 48.5 Å². The average molecular weight is 506 g/mol. The number of hydrazine groups is 1. The Bertz CT molecular complexity index is 1530. The number of aryl methyl sites for hydroxylation is 2. The molecule has 0 radical (unpaired) electrons. The Morgan fingerprint density at radius 2 is 1.67 bits per heavy atom. The Labute approximate surface area is 209 Å². The summed E-state index contributed by atoms with van der Waals surface area (Å²) < 4.78 is 35.1. The molecule has 0 aliphatic rings. The first-order valence-corrected chi connectivity index (χ1v) is 12.7. The third-order valence-electron chi connectivity index (χ3n) is 5.70. The van der Waals surface area contributed by atoms with E-state index in [-0.39, 0.29) is 10.8 Å². The van der Waals surface area contributed by atoms with Crippen molar-refractivity contribution in [3.05, 3.63) is 90.3 Å². The van der Waals surface area contributed by atoms with E-state index in [9.17, 15) is 13.2 Å². The predicted molar refractivity (Wildman–Crippen MR) is 140 cm³/mol. The van der Waals surface area contributed by atoms with Crippen LogP contribution in [0.2, 0.25) is 0 Å². The maximum absolute atomic E-state index is 12.7. The smallest absolute Gasteiger partial charge is 0.269 e. The SMILES string of the molecule is C=C(NNC(=O)c1ccc2c(c1)nc(C)n2CC)c1ccc(S(=O)(=O)Nc2ccc(OC)cc2)cc1. The number of imidazole rings is 1. The molecular weight excluding hydrogens is 478 g/mol. The summed E-state index contributed by atoms with van der Waals surface area (Å²) in [5.41, 5.74) is 9.02. The molecule has 186 valence electrons. The third kappa shape index (κ3) is 5.18. The average Bonchev–Trinajstić information content (AvgIpc) is 3.21. The van der Waals surface area contributed by atoms with Gasteiger partial charge in [0.05, 0.1) is 28.7 Å². The number of hydrogen-bond acceptors (Lipinski definition) is 6. The maximum atomic E-state index is 12.7. The van der Waals surface area contributed by atoms with Crippen LogP contribution in [0.3, 0.4) is 0 Å². The molecule has 4 aromatic rings. The van der Waals surface area contributed by atoms with E-state index in [0.717, 1.165) is 23.4 Å². The first-order chi connectivity index (χ1) is 17.2. The summed E-state index contributed by atoms with van der Waals surface area (Å²) in [4.78, 5) is 17.2. The van der Waals surface area contributed by atoms with Gasteiger partial charge in [-0.15, -0.1) is 0 Å². The Kier molecular flexibility index (Phi) is 6.98. The number of ether oxygens (including phenoxy) is 1. The van der Waals surface area contributed by atoms with Gasteiger partial charge in [0.25, 0.3) is 15.9 Å². The minimum Gasteiger partial charge on any atom is -0.497 e. The highest BCUT2D eigenvalue weighted by Gasteiger charge is 2.15. The molecular formula is C26H27N5O4S. The number of rotatable bonds is 9. The molecule has 0 spiro atoms. The summed E-state index contributed by atoms with van der Waals surface area (Å²) in [6, 6.07) is 18.1. The Morgan fingerprint density at radius 1 is 1.00 bits per heavy atom. The highest BCUT2D eigenvalue weighted by atomic mass is 32.2. The van der Waals surface area contributed by atoms with Crippen LogP contribution in [-0.2, 0) is 16.6 Å². The molecule has 10 heteroatoms. The number of nitrogens with one attached hydrogen (secondary N) is 3. The molecule has 3 N–H and O–H groups in total. The van der Waals surface area contributed by atoms with Crippen LogP contribution in [0.4, 0.5) is 5.69 Å². The van der Waals surface area contributed by atoms with Crippen molar-refractivity contribution in [3.63, 3.8) is 0 Å². The van der Waals surface area contributed by atoms with Crippen molar-refractivity contribution in [2.45, 2.75) is 25.3 Å². The standard InChI is InChI=1S/C26H27N5O4S/c1-5-31-18(3)27-24-16-20(8-15-25(24)31)26(32)29-28-17(2)19-6-13-23(14-7-19)36(33,34)30-21-9-11-22(35-4)12-10-21/h6-16,28,30H,2,5H2,1,3-4H3,(H,29,32). The van der Waals surface area contributed by atoms with Crippen LogP contribution in [0.15, 0.2) is 78.2 Å². The largest absolute Gasteiger partial charge is 0.497 e. The molecule has 4 rings (SSSR count). The van der Waals surface area contributed by atoms with Crippen LogP contribution in [0.5, 0.6) is 5.75 Å². The number of sulfonamides is 1. The van der Waals surface area contributed by atoms with Gasteiger partial charge in [-0.25, -0.2) is 13.4 Å². The predicted octanol–water partition coefficient (Wildman–Crippen LogP) is 4.08. The number of aromatic nitrogens is 2. The number of carbonyl (C=O) groups excluding carboxylic acids is 1. The minimum atomic E-state index is -3.78. The molecule has 0 unspecified atom stereocenters. The van der Waals surface area contributed by atoms with Crippen molar-refractivity contribution in [2.75, 3.05) is 11.8 Å². The molecule has 0 saturated heterocycles. The van der Waals surface area contributed by atoms with Crippen LogP contribution in [0, 0.1) is 6.92 Å². The normalized spacial score (nSPS) is 11.2. The lowest BCUT2D eigenvalue weighted by Gasteiger charge is -2.13. The van der Waals surface area contributed by atoms with Crippen molar-refractivity contribution < 1.29 is 17.9 Å². The fraction of sp³-hybridized carbons (Fsp3) is 0.154. The van der Waals surface area contributed by atoms with Crippen molar-refractivity contribution in [1.29, 1.82) is 0 Å². The monoisotopic (exact) mass is 505 g/mol. The number of hydrogen-bond donors (Lipinski definition) is 3. The van der Waals surface area contributed by atoms with E-state index in [1.165, 1.54) is 19.2 Å². The van der Waals surface area contributed by atoms with E-state index < -0.39 is 10.0 Å². The second-order valence-electron chi connectivity index (χ2n) is 8.02. The van der Waals surface area contributed by atoms with Gasteiger partial charge in [0.2, 0.25) is 0 Å². The van der Waals surface area contributed by atoms with Gasteiger partial charge in [0.15, 0.2) is 0 Å². The van der Waals surface area contributed by atoms with Crippen molar-refractivity contribution in [1.82, 2.24) is 20.4 Å². The lowest BCUT2D eigenvalue weighted by atomic mass is 10.2. The van der Waals surface area contributed by atoms with Gasteiger partial charge in [0.1, 0.15) is 11.6 Å². The lowest BCUT2D eigenvalue weighted by molar-refractivity contribution is 0.0942. The van der Waals surface area contributed by atoms with E-state index in [4.69, 9.17) is 4.74 Å². The lowest BCUT2D eigenvalue weighted by Crippen LogP contribution is -2.35. The molecule has 9 nitrogen and oxygen atoms in total. The third-order valence-corrected chi connectivity index (χ3v) is 7.10. The highest BCUT2D eigenvalue weighted by molar-refractivity contribution is 7.92. The fourth-order valence-corrected chi connectivity index (χ4v) is 4.83. The number of benzene rings is 3. The van der Waals surface area contributed by atoms with Crippen molar-refractivity contribution >= 4 is 38.3 Å². The van der Waals surface area contributed by atoms with Crippen molar-refractivity contribution in [3.8, 4) is 5.75 Å². The molecule has 0 aliphatic heterocycles. The molecule has 0 atom stereocenters. The molecule has 0 fully saturated rings. The van der Waals surface area contributed by atoms with Gasteiger partial charge in [0, 0.05) is 17.8 Å². The van der Waals surface area contributed by atoms with Crippen LogP contribution >= 0.6 is 0 Å². The number of methoxy groups -OCH3 is 1. The van der Waals surface area contributed by atoms with Gasteiger partial charge in [-0.05, 0) is 74.0 Å². The number of fused-ring (bicyclic) bond motifs is 1. The zero-order valence-corrected chi connectivity index (χ0v) is 21.0. The summed E-state index contributed by atoms with van der Waals surface area (Å²) in [6.45, 7) is 8.70. The molecule has 1 aromatic heterocycles. The van der Waals surface area contributed by atoms with Crippen LogP contribution in [0.1, 0.15) is 28.7 Å². The summed E-state index contributed by atoms with van der Waals surface area (Å²) in [5.74, 6) is 1.18. The Hall–Kier alpha value is -4.31. The second-order valence-corrected chi connectivity index (χ2v) is 9.71. The number of anilines is 1. The van der Waals surface area contributed by atoms with Gasteiger partial charge in [-0.1, -0.05) is 18.7 Å². The molecule has 36 heavy (non-hydrogen) atoms. The van der Waals surface area contributed by atoms with Gasteiger partial charge in [-0.2, -0.15) is 0 Å². The van der Waals surface area contributed by atoms with Gasteiger partial charge >= 0.3 is 0 Å². The minimum absolute atomic E-state index is 0.0917. The molecule has 0 saturated carbocycles. The Balaban J connectivity index is 1.39. The summed E-state index contributed by atoms with van der Waals surface area (Å²) in [7, 11) is -2.24. The molecule has 1 heterocycles. The van der Waals surface area contributed by atoms with E-state index in [1.807, 2.05) is 19.9 Å². The van der Waals surface area contributed by atoms with Crippen LogP contribution in [0.25, 0.3) is 16.7 Å². The summed E-state index contributed by atoms with van der Waals surface area (Å²) >= 11 is 0. The van der Waals surface area contributed by atoms with Gasteiger partial charge < -0.3 is 9.30 Å². The fourth-order valence-electron chi connectivity index (χ4n) is 3.78. The molecule has 0 bridgehead atoms. The van der Waals surface area contributed by atoms with Crippen molar-refractivity contribution in [2.24, 2.45) is 0 Å². The van der Waals surface area contributed by atoms with Crippen LogP contribution < -0.4 is 20.3 Å². The van der Waals surface area contributed by atoms with E-state index >= 15 is 0 Å². The number of amides is 1. The number of nitrogens with zero attached hydrogens (tertiary/aromatic N) is 2. The van der Waals surface area contributed by atoms with E-state index in [2.05, 4.69) is 31.7 Å². The highest BCUT2D eigenvalue weighted by Crippen LogP contribution is 2.21. The van der Waals surface area contributed by atoms with Gasteiger partial charge in [-0.3, -0.25) is 20.4 Å². The zero-order valence-electron chi connectivity index (χ0n) is 20.2. The molecule has 3 aromatic carbocycles.